The number of carbonyl (C=O) groups excluding carboxylic acids is 1. The van der Waals surface area contributed by atoms with Crippen molar-refractivity contribution in [3.63, 3.8) is 0 Å². The number of rotatable bonds is 6. The number of nitrogens with one attached hydrogen (secondary N) is 1. The minimum absolute atomic E-state index is 0.0281. The molecule has 1 amide bonds. The van der Waals surface area contributed by atoms with Crippen LogP contribution in [0.25, 0.3) is 6.08 Å². The van der Waals surface area contributed by atoms with E-state index < -0.39 is 6.61 Å². The van der Waals surface area contributed by atoms with Crippen LogP contribution in [0.1, 0.15) is 36.5 Å². The molecule has 0 fully saturated rings. The number of carbonyl (C=O) groups is 1. The third-order valence-corrected chi connectivity index (χ3v) is 3.72. The van der Waals surface area contributed by atoms with Gasteiger partial charge in [-0.25, -0.2) is 0 Å². The Morgan fingerprint density at radius 3 is 2.52 bits per heavy atom. The molecule has 2 aromatic rings. The number of hydrogen-bond acceptors (Lipinski definition) is 2. The number of para-hydroxylation sites is 2. The third kappa shape index (κ3) is 5.14. The van der Waals surface area contributed by atoms with Crippen LogP contribution >= 0.6 is 0 Å². The number of hydrogen-bond donors (Lipinski definition) is 1. The maximum atomic E-state index is 12.4. The first-order chi connectivity index (χ1) is 11.9. The van der Waals surface area contributed by atoms with Crippen LogP contribution in [-0.2, 0) is 4.79 Å². The summed E-state index contributed by atoms with van der Waals surface area (Å²) in [5.41, 5.74) is 3.20. The van der Waals surface area contributed by atoms with Gasteiger partial charge in [0.2, 0.25) is 5.91 Å². The van der Waals surface area contributed by atoms with E-state index in [0.29, 0.717) is 5.56 Å². The molecule has 0 spiro atoms. The molecule has 0 heterocycles. The van der Waals surface area contributed by atoms with Gasteiger partial charge in [-0.3, -0.25) is 4.79 Å². The summed E-state index contributed by atoms with van der Waals surface area (Å²) >= 11 is 0. The lowest BCUT2D eigenvalue weighted by molar-refractivity contribution is -0.111. The van der Waals surface area contributed by atoms with Crippen molar-refractivity contribution in [3.05, 3.63) is 65.2 Å². The van der Waals surface area contributed by atoms with E-state index in [2.05, 4.69) is 23.9 Å². The van der Waals surface area contributed by atoms with Gasteiger partial charge in [0.05, 0.1) is 0 Å². The average Bonchev–Trinajstić information content (AvgIpc) is 2.55. The van der Waals surface area contributed by atoms with Gasteiger partial charge in [-0.15, -0.1) is 0 Å². The maximum Gasteiger partial charge on any atom is 0.387 e. The predicted octanol–water partition coefficient (Wildman–Crippen LogP) is 5.37. The summed E-state index contributed by atoms with van der Waals surface area (Å²) in [7, 11) is 0. The van der Waals surface area contributed by atoms with Gasteiger partial charge in [0.25, 0.3) is 0 Å². The molecule has 0 unspecified atom stereocenters. The largest absolute Gasteiger partial charge is 0.434 e. The number of amides is 1. The van der Waals surface area contributed by atoms with E-state index in [1.165, 1.54) is 18.2 Å². The van der Waals surface area contributed by atoms with Crippen LogP contribution in [-0.4, -0.2) is 12.5 Å². The Labute approximate surface area is 146 Å². The Kier molecular flexibility index (Phi) is 6.28. The molecule has 1 N–H and O–H groups in total. The van der Waals surface area contributed by atoms with Gasteiger partial charge in [-0.05, 0) is 36.1 Å². The molecule has 2 rings (SSSR count). The molecule has 0 aliphatic carbocycles. The lowest BCUT2D eigenvalue weighted by Gasteiger charge is -2.15. The zero-order chi connectivity index (χ0) is 18.4. The van der Waals surface area contributed by atoms with Gasteiger partial charge in [0.15, 0.2) is 0 Å². The van der Waals surface area contributed by atoms with Gasteiger partial charge in [0.1, 0.15) is 5.75 Å². The second-order valence-corrected chi connectivity index (χ2v) is 5.93. The van der Waals surface area contributed by atoms with E-state index in [4.69, 9.17) is 0 Å². The Morgan fingerprint density at radius 1 is 1.12 bits per heavy atom. The number of anilines is 1. The van der Waals surface area contributed by atoms with Crippen LogP contribution in [0.15, 0.2) is 48.5 Å². The zero-order valence-electron chi connectivity index (χ0n) is 14.4. The molecule has 0 radical (unpaired) electrons. The summed E-state index contributed by atoms with van der Waals surface area (Å²) in [5, 5.41) is 2.88. The van der Waals surface area contributed by atoms with Gasteiger partial charge >= 0.3 is 6.61 Å². The van der Waals surface area contributed by atoms with E-state index in [1.807, 2.05) is 25.1 Å². The molecule has 0 bridgehead atoms. The number of alkyl halides is 2. The fraction of sp³-hybridized carbons (Fsp3) is 0.250. The maximum absolute atomic E-state index is 12.4. The molecule has 0 saturated carbocycles. The van der Waals surface area contributed by atoms with E-state index in [0.717, 1.165) is 16.8 Å². The van der Waals surface area contributed by atoms with Crippen molar-refractivity contribution in [3.8, 4) is 5.75 Å². The monoisotopic (exact) mass is 345 g/mol. The lowest BCUT2D eigenvalue weighted by Crippen LogP contribution is -2.11. The van der Waals surface area contributed by atoms with Gasteiger partial charge in [0, 0.05) is 17.3 Å². The molecule has 5 heteroatoms. The minimum Gasteiger partial charge on any atom is -0.434 e. The molecule has 0 atom stereocenters. The van der Waals surface area contributed by atoms with Crippen molar-refractivity contribution < 1.29 is 18.3 Å². The van der Waals surface area contributed by atoms with E-state index in [9.17, 15) is 13.6 Å². The molecule has 0 aliphatic rings. The van der Waals surface area contributed by atoms with Crippen molar-refractivity contribution in [2.75, 3.05) is 5.32 Å². The Balaban J connectivity index is 2.18. The molecule has 25 heavy (non-hydrogen) atoms. The Hall–Kier alpha value is -2.69. The molecular formula is C20H21F2NO2. The second kappa shape index (κ2) is 8.42. The second-order valence-electron chi connectivity index (χ2n) is 5.93. The quantitative estimate of drug-likeness (QED) is 0.715. The highest BCUT2D eigenvalue weighted by Gasteiger charge is 2.11. The van der Waals surface area contributed by atoms with Crippen molar-refractivity contribution in [1.82, 2.24) is 0 Å². The topological polar surface area (TPSA) is 38.3 Å². The van der Waals surface area contributed by atoms with Crippen LogP contribution in [0.4, 0.5) is 14.5 Å². The first-order valence-electron chi connectivity index (χ1n) is 8.01. The summed E-state index contributed by atoms with van der Waals surface area (Å²) < 4.78 is 29.3. The van der Waals surface area contributed by atoms with E-state index in [-0.39, 0.29) is 17.6 Å². The van der Waals surface area contributed by atoms with Crippen molar-refractivity contribution in [2.24, 2.45) is 0 Å². The predicted molar refractivity (Wildman–Crippen MR) is 96.0 cm³/mol. The van der Waals surface area contributed by atoms with Crippen LogP contribution < -0.4 is 10.1 Å². The van der Waals surface area contributed by atoms with Crippen molar-refractivity contribution in [1.29, 1.82) is 0 Å². The summed E-state index contributed by atoms with van der Waals surface area (Å²) in [6, 6.07) is 12.2. The van der Waals surface area contributed by atoms with Crippen LogP contribution in [0.5, 0.6) is 5.75 Å². The fourth-order valence-corrected chi connectivity index (χ4v) is 2.49. The summed E-state index contributed by atoms with van der Waals surface area (Å²) in [4.78, 5) is 12.3. The highest BCUT2D eigenvalue weighted by molar-refractivity contribution is 6.03. The molecule has 0 aromatic heterocycles. The van der Waals surface area contributed by atoms with Crippen LogP contribution in [0.3, 0.4) is 0 Å². The SMILES string of the molecule is Cc1cccc(C(C)C)c1NC(=O)/C=C/c1ccccc1OC(F)F. The minimum atomic E-state index is -2.91. The molecule has 0 aliphatic heterocycles. The summed E-state index contributed by atoms with van der Waals surface area (Å²) in [6.07, 6.45) is 2.77. The molecule has 3 nitrogen and oxygen atoms in total. The third-order valence-electron chi connectivity index (χ3n) is 3.72. The first kappa shape index (κ1) is 18.6. The molecule has 0 saturated heterocycles. The van der Waals surface area contributed by atoms with E-state index in [1.54, 1.807) is 18.2 Å². The number of benzene rings is 2. The smallest absolute Gasteiger partial charge is 0.387 e. The fourth-order valence-electron chi connectivity index (χ4n) is 2.49. The van der Waals surface area contributed by atoms with Gasteiger partial charge < -0.3 is 10.1 Å². The standard InChI is InChI=1S/C20H21F2NO2/c1-13(2)16-9-6-7-14(3)19(16)23-18(24)12-11-15-8-4-5-10-17(15)25-20(21)22/h4-13,20H,1-3H3,(H,23,24)/b12-11+. The normalized spacial score (nSPS) is 11.3. The lowest BCUT2D eigenvalue weighted by atomic mass is 9.98. The molecule has 2 aromatic carbocycles. The van der Waals surface area contributed by atoms with Crippen LogP contribution in [0.2, 0.25) is 0 Å². The van der Waals surface area contributed by atoms with Crippen LogP contribution in [0, 0.1) is 6.92 Å². The zero-order valence-corrected chi connectivity index (χ0v) is 14.4. The van der Waals surface area contributed by atoms with Gasteiger partial charge in [-0.1, -0.05) is 50.2 Å². The van der Waals surface area contributed by atoms with Crippen molar-refractivity contribution >= 4 is 17.7 Å². The number of ether oxygens (including phenoxy) is 1. The summed E-state index contributed by atoms with van der Waals surface area (Å²) in [5.74, 6) is -0.0392. The summed E-state index contributed by atoms with van der Waals surface area (Å²) in [6.45, 7) is 3.12. The first-order valence-corrected chi connectivity index (χ1v) is 8.01. The van der Waals surface area contributed by atoms with E-state index >= 15 is 0 Å². The molecule has 132 valence electrons. The average molecular weight is 345 g/mol. The van der Waals surface area contributed by atoms with Crippen molar-refractivity contribution in [2.45, 2.75) is 33.3 Å². The highest BCUT2D eigenvalue weighted by Crippen LogP contribution is 2.27. The Morgan fingerprint density at radius 2 is 1.84 bits per heavy atom. The molecular weight excluding hydrogens is 324 g/mol. The Bertz CT molecular complexity index is 770. The number of aryl methyl sites for hydroxylation is 1. The highest BCUT2D eigenvalue weighted by atomic mass is 19.3. The van der Waals surface area contributed by atoms with Gasteiger partial charge in [-0.2, -0.15) is 8.78 Å². The number of halogens is 2.